The zero-order valence-corrected chi connectivity index (χ0v) is 14.4. The van der Waals surface area contributed by atoms with E-state index in [2.05, 4.69) is 5.32 Å². The number of piperazine rings is 1. The summed E-state index contributed by atoms with van der Waals surface area (Å²) < 4.78 is 59.8. The lowest BCUT2D eigenvalue weighted by Crippen LogP contribution is -2.48. The summed E-state index contributed by atoms with van der Waals surface area (Å²) in [4.78, 5) is -0.532. The Morgan fingerprint density at radius 2 is 1.96 bits per heavy atom. The van der Waals surface area contributed by atoms with Crippen LogP contribution >= 0.6 is 0 Å². The van der Waals surface area contributed by atoms with E-state index < -0.39 is 32.6 Å². The van der Waals surface area contributed by atoms with Crippen LogP contribution in [0.15, 0.2) is 47.4 Å². The minimum absolute atomic E-state index is 0.169. The van der Waals surface area contributed by atoms with Gasteiger partial charge in [-0.3, -0.25) is 0 Å². The molecule has 1 heterocycles. The van der Waals surface area contributed by atoms with Gasteiger partial charge in [0.25, 0.3) is 0 Å². The van der Waals surface area contributed by atoms with E-state index in [0.717, 1.165) is 12.1 Å². The molecule has 1 fully saturated rings. The molecule has 134 valence electrons. The lowest BCUT2D eigenvalue weighted by Gasteiger charge is -2.36. The molecule has 2 aromatic rings. The lowest BCUT2D eigenvalue weighted by molar-refractivity contribution is 0.264. The van der Waals surface area contributed by atoms with Crippen LogP contribution in [-0.4, -0.2) is 39.5 Å². The highest BCUT2D eigenvalue weighted by Gasteiger charge is 2.37. The molecule has 0 saturated carbocycles. The van der Waals surface area contributed by atoms with Gasteiger partial charge in [0.1, 0.15) is 22.3 Å². The minimum atomic E-state index is -4.14. The largest absolute Gasteiger partial charge is 0.496 e. The average molecular weight is 368 g/mol. The van der Waals surface area contributed by atoms with E-state index in [-0.39, 0.29) is 6.54 Å². The molecule has 0 bridgehead atoms. The fourth-order valence-electron chi connectivity index (χ4n) is 2.99. The monoisotopic (exact) mass is 368 g/mol. The first-order chi connectivity index (χ1) is 11.9. The summed E-state index contributed by atoms with van der Waals surface area (Å²) >= 11 is 0. The van der Waals surface area contributed by atoms with Gasteiger partial charge >= 0.3 is 0 Å². The summed E-state index contributed by atoms with van der Waals surface area (Å²) in [5.74, 6) is -1.37. The number of sulfonamides is 1. The number of nitrogens with zero attached hydrogens (tertiary/aromatic N) is 1. The molecule has 2 aromatic carbocycles. The quantitative estimate of drug-likeness (QED) is 0.900. The van der Waals surface area contributed by atoms with Crippen LogP contribution in [0.5, 0.6) is 5.75 Å². The molecule has 0 aliphatic carbocycles. The molecule has 1 saturated heterocycles. The summed E-state index contributed by atoms with van der Waals surface area (Å²) in [5.41, 5.74) is 0.684. The third-order valence-corrected chi connectivity index (χ3v) is 6.11. The molecule has 1 atom stereocenters. The molecule has 0 spiro atoms. The Bertz CT molecular complexity index is 874. The van der Waals surface area contributed by atoms with Gasteiger partial charge in [-0.25, -0.2) is 17.2 Å². The van der Waals surface area contributed by atoms with Gasteiger partial charge in [0.2, 0.25) is 10.0 Å². The van der Waals surface area contributed by atoms with Crippen molar-refractivity contribution in [3.05, 3.63) is 59.7 Å². The maximum absolute atomic E-state index is 14.1. The van der Waals surface area contributed by atoms with Crippen LogP contribution in [0.4, 0.5) is 8.78 Å². The average Bonchev–Trinajstić information content (AvgIpc) is 2.61. The SMILES string of the molecule is COc1ccccc1C1CNCCN1S(=O)(=O)c1ccc(F)cc1F. The molecule has 0 aromatic heterocycles. The predicted molar refractivity (Wildman–Crippen MR) is 88.9 cm³/mol. The third-order valence-electron chi connectivity index (χ3n) is 4.17. The first-order valence-electron chi connectivity index (χ1n) is 7.75. The molecular weight excluding hydrogens is 350 g/mol. The number of nitrogens with one attached hydrogen (secondary N) is 1. The summed E-state index contributed by atoms with van der Waals surface area (Å²) in [6, 6.07) is 9.02. The lowest BCUT2D eigenvalue weighted by atomic mass is 10.0. The Balaban J connectivity index is 2.06. The first kappa shape index (κ1) is 17.8. The van der Waals surface area contributed by atoms with Crippen LogP contribution in [0.2, 0.25) is 0 Å². The van der Waals surface area contributed by atoms with Crippen molar-refractivity contribution in [3.63, 3.8) is 0 Å². The zero-order valence-electron chi connectivity index (χ0n) is 13.6. The molecule has 8 heteroatoms. The van der Waals surface area contributed by atoms with Crippen molar-refractivity contribution < 1.29 is 21.9 Å². The number of rotatable bonds is 4. The number of ether oxygens (including phenoxy) is 1. The van der Waals surface area contributed by atoms with Crippen LogP contribution in [0.3, 0.4) is 0 Å². The van der Waals surface area contributed by atoms with Crippen LogP contribution < -0.4 is 10.1 Å². The highest BCUT2D eigenvalue weighted by atomic mass is 32.2. The normalized spacial score (nSPS) is 18.9. The molecule has 25 heavy (non-hydrogen) atoms. The number of methoxy groups -OCH3 is 1. The molecule has 5 nitrogen and oxygen atoms in total. The Labute approximate surface area is 145 Å². The summed E-state index contributed by atoms with van der Waals surface area (Å²) in [5, 5.41) is 3.15. The van der Waals surface area contributed by atoms with Crippen molar-refractivity contribution >= 4 is 10.0 Å². The van der Waals surface area contributed by atoms with Crippen molar-refractivity contribution in [2.45, 2.75) is 10.9 Å². The number of hydrogen-bond acceptors (Lipinski definition) is 4. The highest BCUT2D eigenvalue weighted by molar-refractivity contribution is 7.89. The Morgan fingerprint density at radius 3 is 2.68 bits per heavy atom. The molecule has 0 radical (unpaired) electrons. The van der Waals surface area contributed by atoms with E-state index in [1.807, 2.05) is 0 Å². The van der Waals surface area contributed by atoms with Crippen molar-refractivity contribution in [1.29, 1.82) is 0 Å². The zero-order chi connectivity index (χ0) is 18.0. The van der Waals surface area contributed by atoms with Gasteiger partial charge in [-0.15, -0.1) is 0 Å². The number of benzene rings is 2. The minimum Gasteiger partial charge on any atom is -0.496 e. The molecule has 1 aliphatic heterocycles. The topological polar surface area (TPSA) is 58.6 Å². The number of hydrogen-bond donors (Lipinski definition) is 1. The van der Waals surface area contributed by atoms with E-state index in [1.165, 1.54) is 11.4 Å². The Morgan fingerprint density at radius 1 is 1.20 bits per heavy atom. The molecule has 3 rings (SSSR count). The van der Waals surface area contributed by atoms with Crippen molar-refractivity contribution in [2.24, 2.45) is 0 Å². The molecule has 1 unspecified atom stereocenters. The fraction of sp³-hybridized carbons (Fsp3) is 0.294. The number of halogens is 2. The van der Waals surface area contributed by atoms with E-state index >= 15 is 0 Å². The third kappa shape index (κ3) is 3.37. The van der Waals surface area contributed by atoms with Crippen molar-refractivity contribution in [3.8, 4) is 5.75 Å². The van der Waals surface area contributed by atoms with Crippen molar-refractivity contribution in [1.82, 2.24) is 9.62 Å². The van der Waals surface area contributed by atoms with Gasteiger partial charge < -0.3 is 10.1 Å². The van der Waals surface area contributed by atoms with Crippen LogP contribution in [0.1, 0.15) is 11.6 Å². The van der Waals surface area contributed by atoms with Crippen LogP contribution in [0.25, 0.3) is 0 Å². The smallest absolute Gasteiger partial charge is 0.246 e. The van der Waals surface area contributed by atoms with Crippen molar-refractivity contribution in [2.75, 3.05) is 26.7 Å². The maximum Gasteiger partial charge on any atom is 0.246 e. The van der Waals surface area contributed by atoms with Gasteiger partial charge in [-0.2, -0.15) is 4.31 Å². The Hall–Kier alpha value is -2.03. The highest BCUT2D eigenvalue weighted by Crippen LogP contribution is 2.34. The summed E-state index contributed by atoms with van der Waals surface area (Å²) in [6.07, 6.45) is 0. The second kappa shape index (κ2) is 7.07. The second-order valence-electron chi connectivity index (χ2n) is 5.65. The molecule has 1 N–H and O–H groups in total. The molecule has 1 aliphatic rings. The molecule has 0 amide bonds. The van der Waals surface area contributed by atoms with Gasteiger partial charge in [-0.05, 0) is 18.2 Å². The fourth-order valence-corrected chi connectivity index (χ4v) is 4.64. The van der Waals surface area contributed by atoms with E-state index in [9.17, 15) is 17.2 Å². The molecular formula is C17H18F2N2O3S. The van der Waals surface area contributed by atoms with E-state index in [4.69, 9.17) is 4.74 Å². The second-order valence-corrected chi connectivity index (χ2v) is 7.51. The van der Waals surface area contributed by atoms with Gasteiger partial charge in [0, 0.05) is 31.3 Å². The van der Waals surface area contributed by atoms with E-state index in [1.54, 1.807) is 24.3 Å². The summed E-state index contributed by atoms with van der Waals surface area (Å²) in [7, 11) is -2.63. The first-order valence-corrected chi connectivity index (χ1v) is 9.19. The standard InChI is InChI=1S/C17H18F2N2O3S/c1-24-16-5-3-2-4-13(16)15-11-20-8-9-21(15)25(22,23)17-7-6-12(18)10-14(17)19/h2-7,10,15,20H,8-9,11H2,1H3. The summed E-state index contributed by atoms with van der Waals surface area (Å²) in [6.45, 7) is 0.970. The van der Waals surface area contributed by atoms with Gasteiger partial charge in [0.15, 0.2) is 0 Å². The predicted octanol–water partition coefficient (Wildman–Crippen LogP) is 2.31. The van der Waals surface area contributed by atoms with Crippen LogP contribution in [-0.2, 0) is 10.0 Å². The van der Waals surface area contributed by atoms with E-state index in [0.29, 0.717) is 30.5 Å². The van der Waals surface area contributed by atoms with Gasteiger partial charge in [-0.1, -0.05) is 18.2 Å². The number of para-hydroxylation sites is 1. The Kier molecular flexibility index (Phi) is 5.03. The maximum atomic E-state index is 14.1. The van der Waals surface area contributed by atoms with Gasteiger partial charge in [0.05, 0.1) is 13.2 Å². The van der Waals surface area contributed by atoms with Crippen LogP contribution in [0, 0.1) is 11.6 Å².